The Labute approximate surface area is 102 Å². The molecule has 0 radical (unpaired) electrons. The van der Waals surface area contributed by atoms with Crippen LogP contribution in [0.25, 0.3) is 0 Å². The van der Waals surface area contributed by atoms with E-state index in [1.165, 1.54) is 13.2 Å². The lowest BCUT2D eigenvalue weighted by Crippen LogP contribution is -1.96. The van der Waals surface area contributed by atoms with E-state index in [9.17, 15) is 4.39 Å². The van der Waals surface area contributed by atoms with Crippen LogP contribution in [0.5, 0.6) is 0 Å². The molecular weight excluding hydrogens is 247 g/mol. The summed E-state index contributed by atoms with van der Waals surface area (Å²) in [6.07, 6.45) is 0.193. The normalized spacial score (nSPS) is 10.8. The zero-order chi connectivity index (χ0) is 12.3. The standard InChI is InChI=1S/C11H10ClFN2O2/c1-16-6-11-14-10(15-17-11)5-7-8(12)3-2-4-9(7)13/h2-4H,5-6H2,1H3. The molecule has 0 spiro atoms. The molecule has 0 aliphatic heterocycles. The Morgan fingerprint density at radius 1 is 1.47 bits per heavy atom. The average Bonchev–Trinajstić information content (AvgIpc) is 2.72. The average molecular weight is 257 g/mol. The summed E-state index contributed by atoms with van der Waals surface area (Å²) in [7, 11) is 1.53. The molecule has 17 heavy (non-hydrogen) atoms. The molecule has 0 aliphatic rings. The van der Waals surface area contributed by atoms with Crippen LogP contribution in [-0.2, 0) is 17.8 Å². The van der Waals surface area contributed by atoms with Gasteiger partial charge in [-0.05, 0) is 12.1 Å². The van der Waals surface area contributed by atoms with E-state index in [4.69, 9.17) is 20.9 Å². The zero-order valence-electron chi connectivity index (χ0n) is 9.11. The molecule has 4 nitrogen and oxygen atoms in total. The lowest BCUT2D eigenvalue weighted by molar-refractivity contribution is 0.151. The minimum absolute atomic E-state index is 0.193. The van der Waals surface area contributed by atoms with Crippen LogP contribution >= 0.6 is 11.6 Å². The van der Waals surface area contributed by atoms with E-state index in [0.717, 1.165) is 0 Å². The number of ether oxygens (including phenoxy) is 1. The third kappa shape index (κ3) is 2.81. The number of nitrogens with zero attached hydrogens (tertiary/aromatic N) is 2. The van der Waals surface area contributed by atoms with Gasteiger partial charge in [-0.15, -0.1) is 0 Å². The lowest BCUT2D eigenvalue weighted by Gasteiger charge is -2.01. The molecule has 1 heterocycles. The van der Waals surface area contributed by atoms with Crippen molar-refractivity contribution in [3.05, 3.63) is 46.3 Å². The van der Waals surface area contributed by atoms with Crippen molar-refractivity contribution in [2.45, 2.75) is 13.0 Å². The highest BCUT2D eigenvalue weighted by Crippen LogP contribution is 2.21. The summed E-state index contributed by atoms with van der Waals surface area (Å²) < 4.78 is 23.2. The molecule has 6 heteroatoms. The molecule has 0 amide bonds. The first kappa shape index (κ1) is 12.0. The molecule has 1 aromatic heterocycles. The predicted molar refractivity (Wildman–Crippen MR) is 59.2 cm³/mol. The van der Waals surface area contributed by atoms with Crippen LogP contribution in [-0.4, -0.2) is 17.3 Å². The first-order chi connectivity index (χ1) is 8.20. The Bertz CT molecular complexity index is 496. The third-order valence-corrected chi connectivity index (χ3v) is 2.53. The molecule has 0 unspecified atom stereocenters. The lowest BCUT2D eigenvalue weighted by atomic mass is 10.1. The second-order valence-electron chi connectivity index (χ2n) is 3.41. The maximum atomic E-state index is 13.5. The SMILES string of the molecule is COCc1nc(Cc2c(F)cccc2Cl)no1. The van der Waals surface area contributed by atoms with Gasteiger partial charge in [-0.2, -0.15) is 4.98 Å². The minimum Gasteiger partial charge on any atom is -0.375 e. The Morgan fingerprint density at radius 2 is 2.29 bits per heavy atom. The van der Waals surface area contributed by atoms with E-state index in [1.54, 1.807) is 12.1 Å². The van der Waals surface area contributed by atoms with Crippen molar-refractivity contribution in [3.63, 3.8) is 0 Å². The molecule has 90 valence electrons. The highest BCUT2D eigenvalue weighted by molar-refractivity contribution is 6.31. The van der Waals surface area contributed by atoms with Crippen LogP contribution in [0.2, 0.25) is 5.02 Å². The molecule has 0 atom stereocenters. The number of aromatic nitrogens is 2. The number of halogens is 2. The van der Waals surface area contributed by atoms with Crippen LogP contribution in [0.4, 0.5) is 4.39 Å². The van der Waals surface area contributed by atoms with E-state index in [-0.39, 0.29) is 18.8 Å². The molecule has 0 N–H and O–H groups in total. The van der Waals surface area contributed by atoms with Crippen molar-refractivity contribution >= 4 is 11.6 Å². The number of benzene rings is 1. The van der Waals surface area contributed by atoms with Gasteiger partial charge in [0.2, 0.25) is 0 Å². The Balaban J connectivity index is 2.19. The Morgan fingerprint density at radius 3 is 3.00 bits per heavy atom. The quantitative estimate of drug-likeness (QED) is 0.844. The first-order valence-corrected chi connectivity index (χ1v) is 5.32. The van der Waals surface area contributed by atoms with E-state index in [1.807, 2.05) is 0 Å². The summed E-state index contributed by atoms with van der Waals surface area (Å²) in [6.45, 7) is 0.234. The van der Waals surface area contributed by atoms with Gasteiger partial charge in [0.05, 0.1) is 0 Å². The van der Waals surface area contributed by atoms with Crippen LogP contribution in [0.1, 0.15) is 17.3 Å². The number of hydrogen-bond donors (Lipinski definition) is 0. The van der Waals surface area contributed by atoms with Crippen molar-refractivity contribution in [2.75, 3.05) is 7.11 Å². The zero-order valence-corrected chi connectivity index (χ0v) is 9.87. The fourth-order valence-electron chi connectivity index (χ4n) is 1.40. The van der Waals surface area contributed by atoms with Crippen molar-refractivity contribution in [1.82, 2.24) is 10.1 Å². The van der Waals surface area contributed by atoms with E-state index in [0.29, 0.717) is 22.3 Å². The minimum atomic E-state index is -0.379. The van der Waals surface area contributed by atoms with E-state index < -0.39 is 0 Å². The fourth-order valence-corrected chi connectivity index (χ4v) is 1.63. The second-order valence-corrected chi connectivity index (χ2v) is 3.82. The van der Waals surface area contributed by atoms with Gasteiger partial charge in [-0.1, -0.05) is 22.8 Å². The molecule has 0 saturated carbocycles. The molecule has 0 fully saturated rings. The van der Waals surface area contributed by atoms with Crippen molar-refractivity contribution in [2.24, 2.45) is 0 Å². The molecule has 2 aromatic rings. The van der Waals surface area contributed by atoms with Crippen LogP contribution < -0.4 is 0 Å². The maximum absolute atomic E-state index is 13.5. The third-order valence-electron chi connectivity index (χ3n) is 2.17. The maximum Gasteiger partial charge on any atom is 0.252 e. The van der Waals surface area contributed by atoms with Gasteiger partial charge in [0.1, 0.15) is 12.4 Å². The highest BCUT2D eigenvalue weighted by atomic mass is 35.5. The molecule has 1 aromatic carbocycles. The summed E-state index contributed by atoms with van der Waals surface area (Å²) in [5.41, 5.74) is 0.360. The summed E-state index contributed by atoms with van der Waals surface area (Å²) in [4.78, 5) is 4.05. The van der Waals surface area contributed by atoms with Gasteiger partial charge in [0.25, 0.3) is 5.89 Å². The molecular formula is C11H10ClFN2O2. The van der Waals surface area contributed by atoms with Crippen molar-refractivity contribution in [3.8, 4) is 0 Å². The van der Waals surface area contributed by atoms with Gasteiger partial charge in [-0.3, -0.25) is 0 Å². The topological polar surface area (TPSA) is 48.2 Å². The predicted octanol–water partition coefficient (Wildman–Crippen LogP) is 2.60. The summed E-state index contributed by atoms with van der Waals surface area (Å²) in [5.74, 6) is 0.356. The Kier molecular flexibility index (Phi) is 3.71. The summed E-state index contributed by atoms with van der Waals surface area (Å²) in [6, 6.07) is 4.52. The molecule has 2 rings (SSSR count). The monoisotopic (exact) mass is 256 g/mol. The van der Waals surface area contributed by atoms with Crippen molar-refractivity contribution < 1.29 is 13.7 Å². The van der Waals surface area contributed by atoms with Crippen LogP contribution in [0, 0.1) is 5.82 Å². The van der Waals surface area contributed by atoms with E-state index >= 15 is 0 Å². The Hall–Kier alpha value is -1.46. The summed E-state index contributed by atoms with van der Waals surface area (Å²) in [5, 5.41) is 4.07. The first-order valence-electron chi connectivity index (χ1n) is 4.94. The fraction of sp³-hybridized carbons (Fsp3) is 0.273. The van der Waals surface area contributed by atoms with Gasteiger partial charge in [-0.25, -0.2) is 4.39 Å². The van der Waals surface area contributed by atoms with Crippen molar-refractivity contribution in [1.29, 1.82) is 0 Å². The smallest absolute Gasteiger partial charge is 0.252 e. The largest absolute Gasteiger partial charge is 0.375 e. The molecule has 0 bridgehead atoms. The van der Waals surface area contributed by atoms with Gasteiger partial charge < -0.3 is 9.26 Å². The number of methoxy groups -OCH3 is 1. The second kappa shape index (κ2) is 5.25. The summed E-state index contributed by atoms with van der Waals surface area (Å²) >= 11 is 5.90. The van der Waals surface area contributed by atoms with Gasteiger partial charge >= 0.3 is 0 Å². The highest BCUT2D eigenvalue weighted by Gasteiger charge is 2.12. The number of rotatable bonds is 4. The molecule has 0 aliphatic carbocycles. The van der Waals surface area contributed by atoms with E-state index in [2.05, 4.69) is 10.1 Å². The van der Waals surface area contributed by atoms with Crippen LogP contribution in [0.15, 0.2) is 22.7 Å². The van der Waals surface area contributed by atoms with Gasteiger partial charge in [0, 0.05) is 24.1 Å². The van der Waals surface area contributed by atoms with Crippen LogP contribution in [0.3, 0.4) is 0 Å². The molecule has 0 saturated heterocycles. The van der Waals surface area contributed by atoms with Gasteiger partial charge in [0.15, 0.2) is 5.82 Å². The number of hydrogen-bond acceptors (Lipinski definition) is 4.